The van der Waals surface area contributed by atoms with Crippen LogP contribution in [0.4, 0.5) is 4.39 Å². The number of piperidine rings is 2. The van der Waals surface area contributed by atoms with Crippen molar-refractivity contribution in [3.05, 3.63) is 53.8 Å². The Morgan fingerprint density at radius 3 is 2.84 bits per heavy atom. The average Bonchev–Trinajstić information content (AvgIpc) is 3.14. The minimum atomic E-state index is -3.34. The third-order valence-corrected chi connectivity index (χ3v) is 8.36. The smallest absolute Gasteiger partial charge is 0.279 e. The summed E-state index contributed by atoms with van der Waals surface area (Å²) in [6.45, 7) is 0.841. The van der Waals surface area contributed by atoms with Crippen molar-refractivity contribution in [2.45, 2.75) is 43.8 Å². The Labute approximate surface area is 189 Å². The molecule has 2 aromatic carbocycles. The van der Waals surface area contributed by atoms with Crippen molar-refractivity contribution in [3.63, 3.8) is 0 Å². The lowest BCUT2D eigenvalue weighted by Crippen LogP contribution is -2.47. The van der Waals surface area contributed by atoms with E-state index in [9.17, 15) is 12.8 Å². The number of sulfonamides is 1. The van der Waals surface area contributed by atoms with Crippen LogP contribution in [0.3, 0.4) is 0 Å². The third-order valence-electron chi connectivity index (χ3n) is 6.86. The molecule has 3 atom stereocenters. The van der Waals surface area contributed by atoms with Crippen LogP contribution in [0.25, 0.3) is 10.2 Å². The van der Waals surface area contributed by atoms with Crippen LogP contribution in [-0.2, 0) is 16.6 Å². The summed E-state index contributed by atoms with van der Waals surface area (Å²) in [4.78, 5) is 6.92. The van der Waals surface area contributed by atoms with E-state index in [0.29, 0.717) is 28.4 Å². The fourth-order valence-electron chi connectivity index (χ4n) is 5.52. The number of ether oxygens (including phenoxy) is 1. The van der Waals surface area contributed by atoms with E-state index < -0.39 is 10.0 Å². The van der Waals surface area contributed by atoms with Gasteiger partial charge >= 0.3 is 0 Å². The number of aromatic nitrogens is 1. The lowest BCUT2D eigenvalue weighted by Gasteiger charge is -2.39. The number of fused-ring (bicyclic) bond motifs is 2. The fraction of sp³-hybridized carbons (Fsp3) is 0.391. The maximum atomic E-state index is 13.4. The minimum Gasteiger partial charge on any atom is -0.431 e. The zero-order valence-corrected chi connectivity index (χ0v) is 19.1. The third kappa shape index (κ3) is 3.62. The first-order valence-electron chi connectivity index (χ1n) is 10.6. The molecule has 0 radical (unpaired) electrons. The highest BCUT2D eigenvalue weighted by Crippen LogP contribution is 2.63. The first-order valence-corrected chi connectivity index (χ1v) is 13.3. The second-order valence-corrected chi connectivity index (χ2v) is 11.8. The van der Waals surface area contributed by atoms with E-state index in [-0.39, 0.29) is 11.4 Å². The molecular weight excluding hydrogens is 449 g/mol. The Kier molecular flexibility index (Phi) is 4.48. The summed E-state index contributed by atoms with van der Waals surface area (Å²) < 4.78 is 47.4. The van der Waals surface area contributed by atoms with Crippen molar-refractivity contribution in [2.75, 3.05) is 6.26 Å². The van der Waals surface area contributed by atoms with Gasteiger partial charge < -0.3 is 4.74 Å². The van der Waals surface area contributed by atoms with Gasteiger partial charge in [-0.05, 0) is 48.6 Å². The summed E-state index contributed by atoms with van der Waals surface area (Å²) in [7, 11) is -3.34. The molecular formula is C23H22FN3O3S2. The molecule has 3 aliphatic rings. The zero-order valence-electron chi connectivity index (χ0n) is 17.5. The van der Waals surface area contributed by atoms with E-state index in [1.165, 1.54) is 35.3 Å². The summed E-state index contributed by atoms with van der Waals surface area (Å²) in [6.07, 6.45) is 4.94. The molecule has 0 amide bonds. The van der Waals surface area contributed by atoms with Gasteiger partial charge in [-0.15, -0.1) is 0 Å². The van der Waals surface area contributed by atoms with E-state index in [4.69, 9.17) is 4.74 Å². The Morgan fingerprint density at radius 1 is 1.28 bits per heavy atom. The molecule has 9 heteroatoms. The molecule has 1 aromatic heterocycles. The summed E-state index contributed by atoms with van der Waals surface area (Å²) in [6, 6.07) is 12.9. The molecule has 6 rings (SSSR count). The summed E-state index contributed by atoms with van der Waals surface area (Å²) in [5.41, 5.74) is 2.73. The maximum Gasteiger partial charge on any atom is 0.279 e. The highest BCUT2D eigenvalue weighted by atomic mass is 32.2. The Bertz CT molecular complexity index is 1350. The number of nitrogens with zero attached hydrogens (tertiary/aromatic N) is 3. The van der Waals surface area contributed by atoms with Gasteiger partial charge in [-0.2, -0.15) is 4.40 Å². The van der Waals surface area contributed by atoms with Crippen molar-refractivity contribution in [1.82, 2.24) is 9.88 Å². The Balaban J connectivity index is 1.16. The van der Waals surface area contributed by atoms with Crippen LogP contribution >= 0.6 is 11.3 Å². The molecule has 32 heavy (non-hydrogen) atoms. The summed E-state index contributed by atoms with van der Waals surface area (Å²) >= 11 is 1.39. The van der Waals surface area contributed by atoms with Crippen molar-refractivity contribution >= 4 is 37.3 Å². The van der Waals surface area contributed by atoms with Gasteiger partial charge in [-0.3, -0.25) is 4.90 Å². The maximum absolute atomic E-state index is 13.4. The minimum absolute atomic E-state index is 0.0951. The first-order chi connectivity index (χ1) is 15.3. The average molecular weight is 472 g/mol. The molecule has 2 saturated heterocycles. The normalized spacial score (nSPS) is 28.2. The van der Waals surface area contributed by atoms with E-state index in [1.54, 1.807) is 6.07 Å². The molecule has 3 heterocycles. The highest BCUT2D eigenvalue weighted by molar-refractivity contribution is 7.89. The van der Waals surface area contributed by atoms with Crippen LogP contribution in [0, 0.1) is 11.7 Å². The Hall–Kier alpha value is -2.36. The zero-order chi connectivity index (χ0) is 22.1. The van der Waals surface area contributed by atoms with Crippen LogP contribution < -0.4 is 4.74 Å². The number of hydrogen-bond acceptors (Lipinski definition) is 6. The first kappa shape index (κ1) is 20.3. The van der Waals surface area contributed by atoms with Crippen LogP contribution in [0.5, 0.6) is 10.9 Å². The van der Waals surface area contributed by atoms with E-state index in [2.05, 4.69) is 26.4 Å². The molecule has 166 valence electrons. The van der Waals surface area contributed by atoms with Crippen LogP contribution in [0.15, 0.2) is 46.9 Å². The number of benzene rings is 2. The summed E-state index contributed by atoms with van der Waals surface area (Å²) in [5.74, 6) is 1.05. The van der Waals surface area contributed by atoms with Gasteiger partial charge in [0.25, 0.3) is 5.19 Å². The van der Waals surface area contributed by atoms with Gasteiger partial charge in [0, 0.05) is 42.7 Å². The monoisotopic (exact) mass is 471 g/mol. The second kappa shape index (κ2) is 7.07. The number of rotatable bonds is 5. The van der Waals surface area contributed by atoms with E-state index in [1.807, 2.05) is 12.1 Å². The largest absolute Gasteiger partial charge is 0.431 e. The van der Waals surface area contributed by atoms with Gasteiger partial charge in [-0.1, -0.05) is 23.5 Å². The van der Waals surface area contributed by atoms with Crippen molar-refractivity contribution in [1.29, 1.82) is 0 Å². The van der Waals surface area contributed by atoms with Gasteiger partial charge in [0.15, 0.2) is 0 Å². The molecule has 1 spiro atoms. The molecule has 1 aliphatic carbocycles. The fourth-order valence-corrected chi connectivity index (χ4v) is 6.95. The quantitative estimate of drug-likeness (QED) is 0.537. The number of hydrogen-bond donors (Lipinski definition) is 0. The number of halogens is 1. The predicted molar refractivity (Wildman–Crippen MR) is 122 cm³/mol. The molecule has 0 N–H and O–H groups in total. The van der Waals surface area contributed by atoms with Crippen molar-refractivity contribution in [3.8, 4) is 10.9 Å². The van der Waals surface area contributed by atoms with Gasteiger partial charge in [0.1, 0.15) is 11.6 Å². The lowest BCUT2D eigenvalue weighted by molar-refractivity contribution is 0.133. The van der Waals surface area contributed by atoms with Gasteiger partial charge in [0.05, 0.1) is 16.5 Å². The van der Waals surface area contributed by atoms with E-state index in [0.717, 1.165) is 42.6 Å². The van der Waals surface area contributed by atoms with Crippen LogP contribution in [-0.4, -0.2) is 41.8 Å². The Morgan fingerprint density at radius 2 is 2.09 bits per heavy atom. The molecule has 0 unspecified atom stereocenters. The number of thiazole rings is 1. The van der Waals surface area contributed by atoms with Gasteiger partial charge in [0.2, 0.25) is 10.0 Å². The second-order valence-electron chi connectivity index (χ2n) is 9.13. The standard InChI is InChI=1S/C23H22FN3O3S2/c1-32(28,29)26-17-10-18-8-15-11-23(15,12-17)27(18)13-14-2-5-19(6-3-14)30-22-25-20-9-16(24)4-7-21(20)31-22/h2-7,9,15,18H,8,10-13H2,1H3/t15-,18-,23-/m0/s1. The van der Waals surface area contributed by atoms with Crippen molar-refractivity contribution < 1.29 is 17.5 Å². The molecule has 3 fully saturated rings. The van der Waals surface area contributed by atoms with Gasteiger partial charge in [-0.25, -0.2) is 17.8 Å². The summed E-state index contributed by atoms with van der Waals surface area (Å²) in [5, 5.41) is 0.491. The highest BCUT2D eigenvalue weighted by Gasteiger charge is 2.67. The lowest BCUT2D eigenvalue weighted by atomic mass is 9.95. The van der Waals surface area contributed by atoms with Crippen LogP contribution in [0.1, 0.15) is 31.2 Å². The van der Waals surface area contributed by atoms with Crippen molar-refractivity contribution in [2.24, 2.45) is 10.3 Å². The predicted octanol–water partition coefficient (Wildman–Crippen LogP) is 4.76. The van der Waals surface area contributed by atoms with Crippen LogP contribution in [0.2, 0.25) is 0 Å². The molecule has 1 saturated carbocycles. The topological polar surface area (TPSA) is 71.9 Å². The SMILES string of the molecule is CS(=O)(=O)N=C1C[C@@H]2C[C@H]3C[C@@]3(C1)N2Cc1ccc(Oc2nc3cc(F)ccc3s2)cc1. The molecule has 2 aliphatic heterocycles. The molecule has 2 bridgehead atoms. The molecule has 3 aromatic rings. The molecule has 6 nitrogen and oxygen atoms in total. The van der Waals surface area contributed by atoms with E-state index >= 15 is 0 Å².